The lowest BCUT2D eigenvalue weighted by Gasteiger charge is -2.20. The maximum Gasteiger partial charge on any atom is 0.161 e. The molecule has 1 fully saturated rings. The molecular formula is C14H19NO3. The number of rotatable bonds is 3. The maximum absolute atomic E-state index is 8.96. The monoisotopic (exact) mass is 249 g/mol. The lowest BCUT2D eigenvalue weighted by Crippen LogP contribution is -2.23. The van der Waals surface area contributed by atoms with Crippen LogP contribution in [0.5, 0.6) is 11.5 Å². The van der Waals surface area contributed by atoms with E-state index >= 15 is 0 Å². The summed E-state index contributed by atoms with van der Waals surface area (Å²) < 4.78 is 11.2. The fourth-order valence-corrected chi connectivity index (χ4v) is 2.76. The van der Waals surface area contributed by atoms with Crippen molar-refractivity contribution in [3.63, 3.8) is 0 Å². The minimum Gasteiger partial charge on any atom is -0.486 e. The first-order valence-electron chi connectivity index (χ1n) is 6.59. The van der Waals surface area contributed by atoms with Crippen LogP contribution < -0.4 is 9.47 Å². The fourth-order valence-electron chi connectivity index (χ4n) is 2.76. The number of fused-ring (bicyclic) bond motifs is 1. The van der Waals surface area contributed by atoms with Gasteiger partial charge in [0.1, 0.15) is 13.2 Å². The van der Waals surface area contributed by atoms with E-state index in [1.54, 1.807) is 0 Å². The third-order valence-electron chi connectivity index (χ3n) is 3.73. The Morgan fingerprint density at radius 2 is 2.06 bits per heavy atom. The van der Waals surface area contributed by atoms with Crippen LogP contribution in [0.15, 0.2) is 18.2 Å². The zero-order valence-corrected chi connectivity index (χ0v) is 10.5. The number of benzene rings is 1. The molecule has 4 heteroatoms. The summed E-state index contributed by atoms with van der Waals surface area (Å²) in [6.07, 6.45) is 1.15. The predicted molar refractivity (Wildman–Crippen MR) is 68.3 cm³/mol. The normalized spacial score (nSPS) is 23.3. The lowest BCUT2D eigenvalue weighted by molar-refractivity contribution is 0.171. The van der Waals surface area contributed by atoms with Crippen LogP contribution in [0.25, 0.3) is 0 Å². The van der Waals surface area contributed by atoms with E-state index in [1.165, 1.54) is 5.56 Å². The Morgan fingerprint density at radius 3 is 2.89 bits per heavy atom. The highest BCUT2D eigenvalue weighted by atomic mass is 16.6. The summed E-state index contributed by atoms with van der Waals surface area (Å²) in [4.78, 5) is 2.31. The molecule has 1 aromatic carbocycles. The molecule has 2 aliphatic heterocycles. The molecule has 0 aromatic heterocycles. The van der Waals surface area contributed by atoms with Gasteiger partial charge in [0.15, 0.2) is 11.5 Å². The van der Waals surface area contributed by atoms with Crippen molar-refractivity contribution in [2.75, 3.05) is 39.5 Å². The van der Waals surface area contributed by atoms with E-state index in [9.17, 15) is 0 Å². The quantitative estimate of drug-likeness (QED) is 0.875. The molecule has 0 amide bonds. The number of β-amino-alcohol motifs (C(OH)–C–C–N with tert-alkyl or cyclic N) is 1. The third-order valence-corrected chi connectivity index (χ3v) is 3.73. The zero-order chi connectivity index (χ0) is 12.4. The van der Waals surface area contributed by atoms with E-state index in [1.807, 2.05) is 6.07 Å². The van der Waals surface area contributed by atoms with Crippen molar-refractivity contribution in [1.29, 1.82) is 0 Å². The van der Waals surface area contributed by atoms with E-state index < -0.39 is 0 Å². The zero-order valence-electron chi connectivity index (χ0n) is 10.5. The molecule has 1 N–H and O–H groups in total. The molecule has 18 heavy (non-hydrogen) atoms. The molecule has 0 saturated carbocycles. The molecule has 1 saturated heterocycles. The van der Waals surface area contributed by atoms with Crippen molar-refractivity contribution in [2.45, 2.75) is 12.3 Å². The van der Waals surface area contributed by atoms with Crippen molar-refractivity contribution in [2.24, 2.45) is 0 Å². The largest absolute Gasteiger partial charge is 0.486 e. The highest BCUT2D eigenvalue weighted by Crippen LogP contribution is 2.35. The summed E-state index contributed by atoms with van der Waals surface area (Å²) in [5.41, 5.74) is 1.32. The second-order valence-electron chi connectivity index (χ2n) is 4.91. The Morgan fingerprint density at radius 1 is 1.22 bits per heavy atom. The first kappa shape index (κ1) is 11.8. The molecule has 4 nitrogen and oxygen atoms in total. The molecule has 2 heterocycles. The standard InChI is InChI=1S/C14H19NO3/c16-6-5-15-4-3-12(10-15)11-1-2-13-14(9-11)18-8-7-17-13/h1-2,9,12,16H,3-8,10H2. The number of likely N-dealkylation sites (tertiary alicyclic amines) is 1. The van der Waals surface area contributed by atoms with Gasteiger partial charge in [0.25, 0.3) is 0 Å². The van der Waals surface area contributed by atoms with Crippen LogP contribution >= 0.6 is 0 Å². The minimum absolute atomic E-state index is 0.244. The molecule has 0 bridgehead atoms. The van der Waals surface area contributed by atoms with Crippen molar-refractivity contribution >= 4 is 0 Å². The number of aliphatic hydroxyl groups is 1. The number of aliphatic hydroxyl groups excluding tert-OH is 1. The lowest BCUT2D eigenvalue weighted by atomic mass is 9.98. The van der Waals surface area contributed by atoms with E-state index in [0.29, 0.717) is 19.1 Å². The van der Waals surface area contributed by atoms with Gasteiger partial charge in [0.05, 0.1) is 6.61 Å². The molecule has 1 unspecified atom stereocenters. The van der Waals surface area contributed by atoms with Crippen LogP contribution in [-0.2, 0) is 0 Å². The van der Waals surface area contributed by atoms with Gasteiger partial charge in [-0.3, -0.25) is 0 Å². The highest BCUT2D eigenvalue weighted by Gasteiger charge is 2.24. The van der Waals surface area contributed by atoms with Crippen molar-refractivity contribution in [1.82, 2.24) is 4.90 Å². The van der Waals surface area contributed by atoms with Crippen LogP contribution in [0.2, 0.25) is 0 Å². The van der Waals surface area contributed by atoms with Gasteiger partial charge in [-0.2, -0.15) is 0 Å². The SMILES string of the molecule is OCCN1CCC(c2ccc3c(c2)OCCO3)C1. The van der Waals surface area contributed by atoms with E-state index in [4.69, 9.17) is 14.6 Å². The van der Waals surface area contributed by atoms with Gasteiger partial charge in [-0.15, -0.1) is 0 Å². The van der Waals surface area contributed by atoms with Crippen molar-refractivity contribution in [3.8, 4) is 11.5 Å². The molecule has 1 atom stereocenters. The first-order chi connectivity index (χ1) is 8.86. The second kappa shape index (κ2) is 5.16. The third kappa shape index (κ3) is 2.31. The molecule has 3 rings (SSSR count). The Balaban J connectivity index is 1.73. The summed E-state index contributed by atoms with van der Waals surface area (Å²) >= 11 is 0. The molecule has 0 spiro atoms. The van der Waals surface area contributed by atoms with Gasteiger partial charge in [0.2, 0.25) is 0 Å². The summed E-state index contributed by atoms with van der Waals surface area (Å²) in [6, 6.07) is 6.26. The van der Waals surface area contributed by atoms with Gasteiger partial charge < -0.3 is 19.5 Å². The van der Waals surface area contributed by atoms with Crippen LogP contribution in [-0.4, -0.2) is 49.5 Å². The van der Waals surface area contributed by atoms with Gasteiger partial charge >= 0.3 is 0 Å². The molecular weight excluding hydrogens is 230 g/mol. The van der Waals surface area contributed by atoms with Gasteiger partial charge in [-0.25, -0.2) is 0 Å². The number of hydrogen-bond acceptors (Lipinski definition) is 4. The summed E-state index contributed by atoms with van der Waals surface area (Å²) in [5, 5.41) is 8.96. The van der Waals surface area contributed by atoms with E-state index in [-0.39, 0.29) is 6.61 Å². The van der Waals surface area contributed by atoms with Crippen LogP contribution in [0.4, 0.5) is 0 Å². The fraction of sp³-hybridized carbons (Fsp3) is 0.571. The van der Waals surface area contributed by atoms with E-state index in [2.05, 4.69) is 17.0 Å². The van der Waals surface area contributed by atoms with Crippen molar-refractivity contribution < 1.29 is 14.6 Å². The molecule has 0 radical (unpaired) electrons. The molecule has 1 aromatic rings. The first-order valence-corrected chi connectivity index (χ1v) is 6.59. The highest BCUT2D eigenvalue weighted by molar-refractivity contribution is 5.45. The topological polar surface area (TPSA) is 41.9 Å². The Labute approximate surface area is 107 Å². The predicted octanol–water partition coefficient (Wildman–Crippen LogP) is 1.24. The maximum atomic E-state index is 8.96. The minimum atomic E-state index is 0.244. The molecule has 2 aliphatic rings. The smallest absolute Gasteiger partial charge is 0.161 e. The average Bonchev–Trinajstić information content (AvgIpc) is 2.87. The van der Waals surface area contributed by atoms with Gasteiger partial charge in [-0.05, 0) is 36.6 Å². The average molecular weight is 249 g/mol. The van der Waals surface area contributed by atoms with E-state index in [0.717, 1.165) is 37.6 Å². The van der Waals surface area contributed by atoms with Crippen LogP contribution in [0.1, 0.15) is 17.9 Å². The summed E-state index contributed by atoms with van der Waals surface area (Å²) in [6.45, 7) is 4.40. The summed E-state index contributed by atoms with van der Waals surface area (Å²) in [5.74, 6) is 2.28. The van der Waals surface area contributed by atoms with Gasteiger partial charge in [0, 0.05) is 13.1 Å². The van der Waals surface area contributed by atoms with Gasteiger partial charge in [-0.1, -0.05) is 6.07 Å². The number of nitrogens with zero attached hydrogens (tertiary/aromatic N) is 1. The van der Waals surface area contributed by atoms with Crippen LogP contribution in [0.3, 0.4) is 0 Å². The second-order valence-corrected chi connectivity index (χ2v) is 4.91. The molecule has 98 valence electrons. The number of hydrogen-bond donors (Lipinski definition) is 1. The number of ether oxygens (including phenoxy) is 2. The molecule has 0 aliphatic carbocycles. The Bertz CT molecular complexity index is 422. The van der Waals surface area contributed by atoms with Crippen LogP contribution in [0, 0.1) is 0 Å². The summed E-state index contributed by atoms with van der Waals surface area (Å²) in [7, 11) is 0. The van der Waals surface area contributed by atoms with Crippen molar-refractivity contribution in [3.05, 3.63) is 23.8 Å². The Kier molecular flexibility index (Phi) is 3.39. The Hall–Kier alpha value is -1.26.